The molecule has 1 heterocycles. The number of carbonyl (C=O) groups is 2. The maximum absolute atomic E-state index is 12.8. The fourth-order valence-electron chi connectivity index (χ4n) is 3.44. The highest BCUT2D eigenvalue weighted by molar-refractivity contribution is 5.83. The van der Waals surface area contributed by atoms with E-state index in [-0.39, 0.29) is 23.8 Å². The van der Waals surface area contributed by atoms with E-state index in [1.807, 2.05) is 9.80 Å². The van der Waals surface area contributed by atoms with E-state index in [4.69, 9.17) is 11.5 Å². The number of amides is 2. The molecule has 4 N–H and O–H groups in total. The molecule has 20 heavy (non-hydrogen) atoms. The fourth-order valence-corrected chi connectivity index (χ4v) is 3.44. The lowest BCUT2D eigenvalue weighted by atomic mass is 9.84. The van der Waals surface area contributed by atoms with E-state index >= 15 is 0 Å². The van der Waals surface area contributed by atoms with Gasteiger partial charge in [-0.3, -0.25) is 14.5 Å². The van der Waals surface area contributed by atoms with Gasteiger partial charge in [-0.05, 0) is 19.3 Å². The number of hydrogen-bond acceptors (Lipinski definition) is 4. The van der Waals surface area contributed by atoms with E-state index in [0.29, 0.717) is 13.1 Å². The highest BCUT2D eigenvalue weighted by atomic mass is 16.2. The summed E-state index contributed by atoms with van der Waals surface area (Å²) >= 11 is 0. The van der Waals surface area contributed by atoms with Crippen LogP contribution in [0.25, 0.3) is 0 Å². The van der Waals surface area contributed by atoms with Crippen LogP contribution in [0.5, 0.6) is 0 Å². The highest BCUT2D eigenvalue weighted by Gasteiger charge is 2.42. The van der Waals surface area contributed by atoms with Crippen LogP contribution in [-0.2, 0) is 9.59 Å². The molecule has 2 rings (SSSR count). The third kappa shape index (κ3) is 3.30. The lowest BCUT2D eigenvalue weighted by Gasteiger charge is -2.33. The largest absolute Gasteiger partial charge is 0.369 e. The van der Waals surface area contributed by atoms with Gasteiger partial charge in [-0.15, -0.1) is 0 Å². The molecule has 2 aliphatic rings. The number of primary amides is 1. The molecule has 2 fully saturated rings. The Morgan fingerprint density at radius 2 is 1.70 bits per heavy atom. The average Bonchev–Trinajstić information content (AvgIpc) is 2.80. The van der Waals surface area contributed by atoms with Gasteiger partial charge >= 0.3 is 0 Å². The molecule has 1 saturated heterocycles. The Kier molecular flexibility index (Phi) is 4.99. The van der Waals surface area contributed by atoms with Crippen LogP contribution in [0.3, 0.4) is 0 Å². The second-order valence-electron chi connectivity index (χ2n) is 6.08. The van der Waals surface area contributed by atoms with Crippen LogP contribution in [-0.4, -0.2) is 60.9 Å². The number of nitrogens with two attached hydrogens (primary N) is 2. The van der Waals surface area contributed by atoms with Crippen LogP contribution in [0.4, 0.5) is 0 Å². The minimum Gasteiger partial charge on any atom is -0.369 e. The van der Waals surface area contributed by atoms with E-state index in [9.17, 15) is 9.59 Å². The van der Waals surface area contributed by atoms with E-state index in [2.05, 4.69) is 0 Å². The van der Waals surface area contributed by atoms with Crippen LogP contribution in [0.1, 0.15) is 32.1 Å². The molecule has 0 aromatic rings. The standard InChI is InChI=1S/C14H26N4O2/c15-11-14(4-1-2-5-14)13(20)18-7-3-6-17(8-9-18)10-12(16)19/h1-11,15H2,(H2,16,19). The summed E-state index contributed by atoms with van der Waals surface area (Å²) in [4.78, 5) is 27.7. The van der Waals surface area contributed by atoms with Gasteiger partial charge in [-0.2, -0.15) is 0 Å². The lowest BCUT2D eigenvalue weighted by molar-refractivity contribution is -0.141. The first-order valence-corrected chi connectivity index (χ1v) is 7.57. The van der Waals surface area contributed by atoms with Gasteiger partial charge < -0.3 is 16.4 Å². The number of carbonyl (C=O) groups excluding carboxylic acids is 2. The fraction of sp³-hybridized carbons (Fsp3) is 0.857. The van der Waals surface area contributed by atoms with Crippen molar-refractivity contribution in [1.29, 1.82) is 0 Å². The van der Waals surface area contributed by atoms with Crippen molar-refractivity contribution in [2.24, 2.45) is 16.9 Å². The summed E-state index contributed by atoms with van der Waals surface area (Å²) in [5.41, 5.74) is 10.8. The van der Waals surface area contributed by atoms with E-state index in [0.717, 1.165) is 51.7 Å². The van der Waals surface area contributed by atoms with Crippen molar-refractivity contribution in [2.75, 3.05) is 39.3 Å². The molecule has 0 aromatic carbocycles. The van der Waals surface area contributed by atoms with Crippen molar-refractivity contribution >= 4 is 11.8 Å². The van der Waals surface area contributed by atoms with Crippen molar-refractivity contribution in [3.63, 3.8) is 0 Å². The van der Waals surface area contributed by atoms with Gasteiger partial charge in [0.1, 0.15) is 0 Å². The van der Waals surface area contributed by atoms with Gasteiger partial charge in [0.05, 0.1) is 12.0 Å². The smallest absolute Gasteiger partial charge is 0.231 e. The molecule has 6 nitrogen and oxygen atoms in total. The van der Waals surface area contributed by atoms with Gasteiger partial charge in [0.25, 0.3) is 0 Å². The summed E-state index contributed by atoms with van der Waals surface area (Å²) in [6.07, 6.45) is 4.93. The van der Waals surface area contributed by atoms with Crippen LogP contribution in [0.2, 0.25) is 0 Å². The van der Waals surface area contributed by atoms with Crippen molar-refractivity contribution < 1.29 is 9.59 Å². The molecule has 0 unspecified atom stereocenters. The summed E-state index contributed by atoms with van der Waals surface area (Å²) in [5.74, 6) is -0.0857. The Labute approximate surface area is 120 Å². The first-order valence-electron chi connectivity index (χ1n) is 7.57. The molecule has 1 aliphatic carbocycles. The second-order valence-corrected chi connectivity index (χ2v) is 6.08. The van der Waals surface area contributed by atoms with Crippen LogP contribution in [0, 0.1) is 5.41 Å². The van der Waals surface area contributed by atoms with Gasteiger partial charge in [0.2, 0.25) is 11.8 Å². The molecule has 0 atom stereocenters. The van der Waals surface area contributed by atoms with Crippen molar-refractivity contribution in [2.45, 2.75) is 32.1 Å². The third-order valence-electron chi connectivity index (χ3n) is 4.66. The quantitative estimate of drug-likeness (QED) is 0.729. The van der Waals surface area contributed by atoms with Gasteiger partial charge in [0.15, 0.2) is 0 Å². The van der Waals surface area contributed by atoms with Gasteiger partial charge in [-0.25, -0.2) is 0 Å². The number of rotatable bonds is 4. The summed E-state index contributed by atoms with van der Waals surface area (Å²) in [6.45, 7) is 3.71. The molecule has 0 spiro atoms. The van der Waals surface area contributed by atoms with Gasteiger partial charge in [-0.1, -0.05) is 12.8 Å². The molecule has 0 radical (unpaired) electrons. The minimum atomic E-state index is -0.321. The summed E-state index contributed by atoms with van der Waals surface area (Å²) in [5, 5.41) is 0. The van der Waals surface area contributed by atoms with E-state index in [1.54, 1.807) is 0 Å². The third-order valence-corrected chi connectivity index (χ3v) is 4.66. The molecule has 1 saturated carbocycles. The van der Waals surface area contributed by atoms with Crippen LogP contribution in [0.15, 0.2) is 0 Å². The molecule has 114 valence electrons. The van der Waals surface area contributed by atoms with Crippen molar-refractivity contribution in [1.82, 2.24) is 9.80 Å². The number of nitrogens with zero attached hydrogens (tertiary/aromatic N) is 2. The van der Waals surface area contributed by atoms with Crippen LogP contribution >= 0.6 is 0 Å². The molecule has 1 aliphatic heterocycles. The normalized spacial score (nSPS) is 23.6. The Hall–Kier alpha value is -1.14. The predicted octanol–water partition coefficient (Wildman–Crippen LogP) is -0.475. The Morgan fingerprint density at radius 1 is 1.00 bits per heavy atom. The molecular weight excluding hydrogens is 256 g/mol. The lowest BCUT2D eigenvalue weighted by Crippen LogP contribution is -2.48. The Bertz CT molecular complexity index is 366. The predicted molar refractivity (Wildman–Crippen MR) is 76.8 cm³/mol. The zero-order valence-electron chi connectivity index (χ0n) is 12.1. The summed E-state index contributed by atoms with van der Waals surface area (Å²) < 4.78 is 0. The molecular formula is C14H26N4O2. The highest BCUT2D eigenvalue weighted by Crippen LogP contribution is 2.38. The summed E-state index contributed by atoms with van der Waals surface area (Å²) in [6, 6.07) is 0. The SMILES string of the molecule is NCC1(C(=O)N2CCCN(CC(N)=O)CC2)CCCC1. The van der Waals surface area contributed by atoms with E-state index in [1.165, 1.54) is 0 Å². The van der Waals surface area contributed by atoms with Crippen molar-refractivity contribution in [3.05, 3.63) is 0 Å². The second kappa shape index (κ2) is 6.54. The first-order chi connectivity index (χ1) is 9.57. The van der Waals surface area contributed by atoms with Crippen molar-refractivity contribution in [3.8, 4) is 0 Å². The molecule has 0 bridgehead atoms. The maximum Gasteiger partial charge on any atom is 0.231 e. The minimum absolute atomic E-state index is 0.221. The monoisotopic (exact) mass is 282 g/mol. The summed E-state index contributed by atoms with van der Waals surface area (Å²) in [7, 11) is 0. The first kappa shape index (κ1) is 15.3. The Balaban J connectivity index is 1.95. The van der Waals surface area contributed by atoms with Gasteiger partial charge in [0, 0.05) is 32.7 Å². The topological polar surface area (TPSA) is 92.7 Å². The zero-order chi connectivity index (χ0) is 14.6. The zero-order valence-corrected chi connectivity index (χ0v) is 12.1. The number of hydrogen-bond donors (Lipinski definition) is 2. The Morgan fingerprint density at radius 3 is 2.30 bits per heavy atom. The molecule has 6 heteroatoms. The van der Waals surface area contributed by atoms with E-state index < -0.39 is 0 Å². The molecule has 2 amide bonds. The maximum atomic E-state index is 12.8. The average molecular weight is 282 g/mol. The van der Waals surface area contributed by atoms with Crippen LogP contribution < -0.4 is 11.5 Å². The molecule has 0 aromatic heterocycles.